The van der Waals surface area contributed by atoms with Crippen molar-refractivity contribution in [2.24, 2.45) is 10.3 Å². The number of hydrogen-bond acceptors (Lipinski definition) is 7. The molecule has 1 fully saturated rings. The van der Waals surface area contributed by atoms with Gasteiger partial charge in [0.2, 0.25) is 0 Å². The van der Waals surface area contributed by atoms with Crippen LogP contribution in [0.3, 0.4) is 0 Å². The molecular formula is C10H17N3O5S. The average Bonchev–Trinajstić information content (AvgIpc) is 2.35. The molecule has 0 atom stereocenters. The Labute approximate surface area is 111 Å². The fourth-order valence-corrected chi connectivity index (χ4v) is 2.80. The Balaban J connectivity index is 2.85. The molecule has 0 radical (unpaired) electrons. The van der Waals surface area contributed by atoms with E-state index in [1.807, 2.05) is 0 Å². The smallest absolute Gasteiger partial charge is 0.277 e. The second-order valence-electron chi connectivity index (χ2n) is 3.93. The van der Waals surface area contributed by atoms with Crippen LogP contribution in [0.2, 0.25) is 0 Å². The van der Waals surface area contributed by atoms with E-state index in [4.69, 9.17) is 0 Å². The van der Waals surface area contributed by atoms with Gasteiger partial charge in [-0.1, -0.05) is 10.3 Å². The number of hydrogen-bond donors (Lipinski definition) is 0. The molecule has 0 aromatic heterocycles. The summed E-state index contributed by atoms with van der Waals surface area (Å²) in [5.74, 6) is -0.506. The first-order valence-electron chi connectivity index (χ1n) is 5.60. The van der Waals surface area contributed by atoms with Crippen LogP contribution in [0, 0.1) is 0 Å². The van der Waals surface area contributed by atoms with E-state index in [0.717, 1.165) is 0 Å². The van der Waals surface area contributed by atoms with E-state index in [-0.39, 0.29) is 36.0 Å². The number of carbonyl (C=O) groups is 1. The number of oxime groups is 2. The zero-order valence-electron chi connectivity index (χ0n) is 11.1. The molecular weight excluding hydrogens is 274 g/mol. The zero-order chi connectivity index (χ0) is 14.5. The van der Waals surface area contributed by atoms with Crippen LogP contribution in [0.15, 0.2) is 10.3 Å². The van der Waals surface area contributed by atoms with Crippen molar-refractivity contribution in [3.05, 3.63) is 0 Å². The highest BCUT2D eigenvalue weighted by atomic mass is 32.2. The van der Waals surface area contributed by atoms with E-state index < -0.39 is 15.7 Å². The normalized spacial score (nSPS) is 20.1. The Hall–Kier alpha value is -1.64. The van der Waals surface area contributed by atoms with Gasteiger partial charge in [0, 0.05) is 13.1 Å². The van der Waals surface area contributed by atoms with E-state index in [0.29, 0.717) is 0 Å². The van der Waals surface area contributed by atoms with Gasteiger partial charge in [0.05, 0.1) is 11.5 Å². The quantitative estimate of drug-likeness (QED) is 0.502. The maximum absolute atomic E-state index is 12.2. The summed E-state index contributed by atoms with van der Waals surface area (Å²) >= 11 is 0. The monoisotopic (exact) mass is 291 g/mol. The Morgan fingerprint density at radius 2 is 1.63 bits per heavy atom. The van der Waals surface area contributed by atoms with Gasteiger partial charge < -0.3 is 14.6 Å². The summed E-state index contributed by atoms with van der Waals surface area (Å²) in [6.07, 6.45) is 0. The predicted molar refractivity (Wildman–Crippen MR) is 69.8 cm³/mol. The highest BCUT2D eigenvalue weighted by molar-refractivity contribution is 7.91. The average molecular weight is 291 g/mol. The third-order valence-electron chi connectivity index (χ3n) is 2.59. The molecule has 108 valence electrons. The first-order valence-corrected chi connectivity index (χ1v) is 7.42. The van der Waals surface area contributed by atoms with Crippen molar-refractivity contribution >= 4 is 27.2 Å². The standard InChI is InChI=1S/C10H17N3O5S/c1-8(11-17-2)9(12-18-3)10(14)13-4-6-19(15,16)7-5-13/h4-7H2,1-3H3/b11-8+,12-9+. The van der Waals surface area contributed by atoms with Gasteiger partial charge >= 0.3 is 0 Å². The molecule has 1 rings (SSSR count). The molecule has 1 heterocycles. The number of carbonyl (C=O) groups excluding carboxylic acids is 1. The lowest BCUT2D eigenvalue weighted by Gasteiger charge is -2.26. The van der Waals surface area contributed by atoms with Gasteiger partial charge in [0.1, 0.15) is 19.9 Å². The van der Waals surface area contributed by atoms with Crippen molar-refractivity contribution in [2.45, 2.75) is 6.92 Å². The van der Waals surface area contributed by atoms with Crippen molar-refractivity contribution in [1.82, 2.24) is 4.90 Å². The molecule has 0 spiro atoms. The molecule has 0 saturated carbocycles. The first kappa shape index (κ1) is 15.4. The molecule has 1 amide bonds. The molecule has 0 bridgehead atoms. The Morgan fingerprint density at radius 3 is 2.11 bits per heavy atom. The molecule has 0 unspecified atom stereocenters. The second kappa shape index (κ2) is 6.50. The van der Waals surface area contributed by atoms with Gasteiger partial charge in [0.25, 0.3) is 5.91 Å². The van der Waals surface area contributed by atoms with Crippen LogP contribution in [-0.2, 0) is 24.3 Å². The van der Waals surface area contributed by atoms with Crippen molar-refractivity contribution in [2.75, 3.05) is 38.8 Å². The molecule has 9 heteroatoms. The molecule has 0 aromatic carbocycles. The number of rotatable bonds is 4. The van der Waals surface area contributed by atoms with Gasteiger partial charge in [-0.25, -0.2) is 8.42 Å². The van der Waals surface area contributed by atoms with Crippen LogP contribution in [0.4, 0.5) is 0 Å². The van der Waals surface area contributed by atoms with Crippen LogP contribution in [0.5, 0.6) is 0 Å². The lowest BCUT2D eigenvalue weighted by atomic mass is 10.2. The SMILES string of the molecule is CO/N=C(C)/C(=N\OC)C(=O)N1CCS(=O)(=O)CC1. The van der Waals surface area contributed by atoms with Crippen molar-refractivity contribution in [3.8, 4) is 0 Å². The molecule has 0 aliphatic carbocycles. The Kier molecular flexibility index (Phi) is 5.28. The van der Waals surface area contributed by atoms with Crippen LogP contribution < -0.4 is 0 Å². The summed E-state index contributed by atoms with van der Waals surface area (Å²) < 4.78 is 22.6. The zero-order valence-corrected chi connectivity index (χ0v) is 11.9. The third-order valence-corrected chi connectivity index (χ3v) is 4.20. The predicted octanol–water partition coefficient (Wildman–Crippen LogP) is -0.732. The molecule has 19 heavy (non-hydrogen) atoms. The van der Waals surface area contributed by atoms with E-state index in [1.54, 1.807) is 6.92 Å². The summed E-state index contributed by atoms with van der Waals surface area (Å²) in [4.78, 5) is 22.8. The van der Waals surface area contributed by atoms with E-state index in [9.17, 15) is 13.2 Å². The summed E-state index contributed by atoms with van der Waals surface area (Å²) in [6, 6.07) is 0. The fraction of sp³-hybridized carbons (Fsp3) is 0.700. The van der Waals surface area contributed by atoms with Gasteiger partial charge in [0.15, 0.2) is 15.5 Å². The summed E-state index contributed by atoms with van der Waals surface area (Å²) in [6.45, 7) is 1.84. The molecule has 0 N–H and O–H groups in total. The van der Waals surface area contributed by atoms with Gasteiger partial charge in [-0.2, -0.15) is 0 Å². The number of sulfone groups is 1. The van der Waals surface area contributed by atoms with Gasteiger partial charge in [-0.15, -0.1) is 0 Å². The molecule has 1 aliphatic rings. The Morgan fingerprint density at radius 1 is 1.11 bits per heavy atom. The maximum atomic E-state index is 12.2. The minimum Gasteiger partial charge on any atom is -0.399 e. The lowest BCUT2D eigenvalue weighted by molar-refractivity contribution is -0.123. The van der Waals surface area contributed by atoms with Crippen LogP contribution in [0.1, 0.15) is 6.92 Å². The van der Waals surface area contributed by atoms with Gasteiger partial charge in [-0.05, 0) is 6.92 Å². The lowest BCUT2D eigenvalue weighted by Crippen LogP contribution is -2.47. The summed E-state index contributed by atoms with van der Waals surface area (Å²) in [5, 5.41) is 7.25. The van der Waals surface area contributed by atoms with Gasteiger partial charge in [-0.3, -0.25) is 4.79 Å². The third kappa shape index (κ3) is 4.19. The molecule has 8 nitrogen and oxygen atoms in total. The molecule has 0 aromatic rings. The number of amides is 1. The largest absolute Gasteiger partial charge is 0.399 e. The topological polar surface area (TPSA) is 97.6 Å². The highest BCUT2D eigenvalue weighted by Gasteiger charge is 2.29. The highest BCUT2D eigenvalue weighted by Crippen LogP contribution is 2.06. The summed E-state index contributed by atoms with van der Waals surface area (Å²) in [5.41, 5.74) is 0.270. The van der Waals surface area contributed by atoms with Crippen molar-refractivity contribution in [3.63, 3.8) is 0 Å². The minimum absolute atomic E-state index is 0.00338. The molecule has 1 saturated heterocycles. The van der Waals surface area contributed by atoms with Crippen LogP contribution >= 0.6 is 0 Å². The maximum Gasteiger partial charge on any atom is 0.277 e. The van der Waals surface area contributed by atoms with Crippen molar-refractivity contribution in [1.29, 1.82) is 0 Å². The minimum atomic E-state index is -3.04. The van der Waals surface area contributed by atoms with Crippen LogP contribution in [-0.4, -0.2) is 69.5 Å². The number of nitrogens with zero attached hydrogens (tertiary/aromatic N) is 3. The van der Waals surface area contributed by atoms with Crippen LogP contribution in [0.25, 0.3) is 0 Å². The second-order valence-corrected chi connectivity index (χ2v) is 6.23. The fourth-order valence-electron chi connectivity index (χ4n) is 1.60. The first-order chi connectivity index (χ1) is 8.91. The van der Waals surface area contributed by atoms with E-state index >= 15 is 0 Å². The van der Waals surface area contributed by atoms with E-state index in [2.05, 4.69) is 20.0 Å². The van der Waals surface area contributed by atoms with Crippen molar-refractivity contribution < 1.29 is 22.9 Å². The Bertz CT molecular complexity index is 483. The summed E-state index contributed by atoms with van der Waals surface area (Å²) in [7, 11) is -0.371. The van der Waals surface area contributed by atoms with E-state index in [1.165, 1.54) is 19.1 Å². The molecule has 1 aliphatic heterocycles.